The van der Waals surface area contributed by atoms with Crippen molar-refractivity contribution in [2.45, 2.75) is 37.7 Å². The Bertz CT molecular complexity index is 230. The number of aliphatic hydroxyl groups is 1. The quantitative estimate of drug-likeness (QED) is 0.708. The van der Waals surface area contributed by atoms with E-state index < -0.39 is 0 Å². The van der Waals surface area contributed by atoms with Gasteiger partial charge >= 0.3 is 0 Å². The molecule has 1 heterocycles. The van der Waals surface area contributed by atoms with Gasteiger partial charge in [0.05, 0.1) is 6.10 Å². The Balaban J connectivity index is 2.11. The van der Waals surface area contributed by atoms with Crippen LogP contribution in [-0.4, -0.2) is 11.2 Å². The average Bonchev–Trinajstić information content (AvgIpc) is 2.57. The van der Waals surface area contributed by atoms with E-state index in [2.05, 4.69) is 16.8 Å². The molecule has 1 aliphatic rings. The summed E-state index contributed by atoms with van der Waals surface area (Å²) in [4.78, 5) is 0. The lowest BCUT2D eigenvalue weighted by atomic mass is 9.83. The lowest BCUT2D eigenvalue weighted by molar-refractivity contribution is 0.106. The van der Waals surface area contributed by atoms with Crippen molar-refractivity contribution in [3.8, 4) is 0 Å². The highest BCUT2D eigenvalue weighted by Gasteiger charge is 2.24. The van der Waals surface area contributed by atoms with Crippen LogP contribution >= 0.6 is 11.3 Å². The molecule has 1 aromatic rings. The van der Waals surface area contributed by atoms with Gasteiger partial charge in [0, 0.05) is 5.92 Å². The molecular weight excluding hydrogens is 168 g/mol. The van der Waals surface area contributed by atoms with Crippen molar-refractivity contribution in [3.05, 3.63) is 22.4 Å². The van der Waals surface area contributed by atoms with Crippen LogP contribution in [0.5, 0.6) is 0 Å². The van der Waals surface area contributed by atoms with Crippen LogP contribution in [0.25, 0.3) is 0 Å². The van der Waals surface area contributed by atoms with Crippen LogP contribution in [0, 0.1) is 0 Å². The maximum atomic E-state index is 9.75. The summed E-state index contributed by atoms with van der Waals surface area (Å²) in [7, 11) is 0. The molecule has 0 aliphatic heterocycles. The van der Waals surface area contributed by atoms with Crippen molar-refractivity contribution < 1.29 is 5.11 Å². The predicted octanol–water partition coefficient (Wildman–Crippen LogP) is 2.77. The Morgan fingerprint density at radius 2 is 2.17 bits per heavy atom. The van der Waals surface area contributed by atoms with Crippen LogP contribution in [0.1, 0.15) is 37.2 Å². The zero-order chi connectivity index (χ0) is 8.39. The Hall–Kier alpha value is -0.340. The van der Waals surface area contributed by atoms with Crippen molar-refractivity contribution >= 4 is 11.3 Å². The summed E-state index contributed by atoms with van der Waals surface area (Å²) in [5.41, 5.74) is 1.34. The minimum atomic E-state index is -0.0895. The second kappa shape index (κ2) is 3.58. The minimum absolute atomic E-state index is 0.0895. The second-order valence-electron chi connectivity index (χ2n) is 3.51. The van der Waals surface area contributed by atoms with E-state index >= 15 is 0 Å². The molecule has 0 saturated heterocycles. The first-order chi connectivity index (χ1) is 5.88. The molecule has 1 nitrogen and oxygen atoms in total. The van der Waals surface area contributed by atoms with Gasteiger partial charge in [-0.25, -0.2) is 0 Å². The number of thiophene rings is 1. The molecule has 0 spiro atoms. The van der Waals surface area contributed by atoms with Gasteiger partial charge in [-0.2, -0.15) is 11.3 Å². The van der Waals surface area contributed by atoms with Gasteiger partial charge in [0.15, 0.2) is 0 Å². The predicted molar refractivity (Wildman–Crippen MR) is 51.5 cm³/mol. The van der Waals surface area contributed by atoms with Crippen molar-refractivity contribution in [2.24, 2.45) is 0 Å². The highest BCUT2D eigenvalue weighted by atomic mass is 32.1. The molecule has 1 saturated carbocycles. The van der Waals surface area contributed by atoms with Crippen LogP contribution in [0.4, 0.5) is 0 Å². The summed E-state index contributed by atoms with van der Waals surface area (Å²) in [5, 5.41) is 14.0. The van der Waals surface area contributed by atoms with E-state index in [1.807, 2.05) is 0 Å². The van der Waals surface area contributed by atoms with Crippen molar-refractivity contribution in [2.75, 3.05) is 0 Å². The zero-order valence-corrected chi connectivity index (χ0v) is 7.89. The molecule has 12 heavy (non-hydrogen) atoms. The third-order valence-corrected chi connectivity index (χ3v) is 3.40. The molecule has 2 rings (SSSR count). The van der Waals surface area contributed by atoms with E-state index in [0.717, 1.165) is 12.8 Å². The fourth-order valence-electron chi connectivity index (χ4n) is 1.99. The number of aliphatic hydroxyl groups excluding tert-OH is 1. The molecular formula is C10H14OS. The SMILES string of the molecule is O[C@H]1CCCC[C@@H]1c1ccsc1. The Labute approximate surface area is 77.0 Å². The third kappa shape index (κ3) is 1.54. The number of hydrogen-bond donors (Lipinski definition) is 1. The maximum absolute atomic E-state index is 9.75. The molecule has 1 aromatic heterocycles. The van der Waals surface area contributed by atoms with Gasteiger partial charge < -0.3 is 5.11 Å². The topological polar surface area (TPSA) is 20.2 Å². The van der Waals surface area contributed by atoms with Gasteiger partial charge in [-0.05, 0) is 35.2 Å². The zero-order valence-electron chi connectivity index (χ0n) is 7.07. The molecule has 2 heteroatoms. The van der Waals surface area contributed by atoms with E-state index in [0.29, 0.717) is 5.92 Å². The maximum Gasteiger partial charge on any atom is 0.0609 e. The molecule has 0 amide bonds. The summed E-state index contributed by atoms with van der Waals surface area (Å²) in [6, 6.07) is 2.14. The van der Waals surface area contributed by atoms with Gasteiger partial charge in [0.25, 0.3) is 0 Å². The second-order valence-corrected chi connectivity index (χ2v) is 4.30. The van der Waals surface area contributed by atoms with Crippen molar-refractivity contribution in [1.82, 2.24) is 0 Å². The summed E-state index contributed by atoms with van der Waals surface area (Å²) in [6.07, 6.45) is 4.53. The summed E-state index contributed by atoms with van der Waals surface area (Å²) in [5.74, 6) is 0.421. The van der Waals surface area contributed by atoms with Crippen LogP contribution in [0.3, 0.4) is 0 Å². The van der Waals surface area contributed by atoms with E-state index in [4.69, 9.17) is 0 Å². The Morgan fingerprint density at radius 3 is 2.83 bits per heavy atom. The largest absolute Gasteiger partial charge is 0.392 e. The fourth-order valence-corrected chi connectivity index (χ4v) is 2.71. The molecule has 0 bridgehead atoms. The fraction of sp³-hybridized carbons (Fsp3) is 0.600. The molecule has 0 unspecified atom stereocenters. The monoisotopic (exact) mass is 182 g/mol. The highest BCUT2D eigenvalue weighted by Crippen LogP contribution is 2.33. The molecule has 66 valence electrons. The van der Waals surface area contributed by atoms with Crippen LogP contribution in [0.2, 0.25) is 0 Å². The van der Waals surface area contributed by atoms with Crippen molar-refractivity contribution in [1.29, 1.82) is 0 Å². The molecule has 1 aliphatic carbocycles. The van der Waals surface area contributed by atoms with E-state index in [-0.39, 0.29) is 6.10 Å². The minimum Gasteiger partial charge on any atom is -0.392 e. The first-order valence-electron chi connectivity index (χ1n) is 4.58. The van der Waals surface area contributed by atoms with Gasteiger partial charge in [0.1, 0.15) is 0 Å². The van der Waals surface area contributed by atoms with Crippen LogP contribution < -0.4 is 0 Å². The van der Waals surface area contributed by atoms with Gasteiger partial charge in [0.2, 0.25) is 0 Å². The van der Waals surface area contributed by atoms with Crippen LogP contribution in [-0.2, 0) is 0 Å². The highest BCUT2D eigenvalue weighted by molar-refractivity contribution is 7.07. The Kier molecular flexibility index (Phi) is 2.47. The van der Waals surface area contributed by atoms with Gasteiger partial charge in [-0.3, -0.25) is 0 Å². The van der Waals surface area contributed by atoms with Crippen LogP contribution in [0.15, 0.2) is 16.8 Å². The molecule has 0 radical (unpaired) electrons. The standard InChI is InChI=1S/C10H14OS/c11-10-4-2-1-3-9(10)8-5-6-12-7-8/h5-7,9-11H,1-4H2/t9-,10+/m1/s1. The molecule has 2 atom stereocenters. The third-order valence-electron chi connectivity index (χ3n) is 2.70. The number of hydrogen-bond acceptors (Lipinski definition) is 2. The molecule has 1 fully saturated rings. The first-order valence-corrected chi connectivity index (χ1v) is 5.52. The van der Waals surface area contributed by atoms with Gasteiger partial charge in [-0.15, -0.1) is 0 Å². The molecule has 0 aromatic carbocycles. The summed E-state index contributed by atoms with van der Waals surface area (Å²) in [6.45, 7) is 0. The summed E-state index contributed by atoms with van der Waals surface area (Å²) >= 11 is 1.72. The summed E-state index contributed by atoms with van der Waals surface area (Å²) < 4.78 is 0. The lowest BCUT2D eigenvalue weighted by Crippen LogP contribution is -2.21. The van der Waals surface area contributed by atoms with Crippen molar-refractivity contribution in [3.63, 3.8) is 0 Å². The lowest BCUT2D eigenvalue weighted by Gasteiger charge is -2.26. The van der Waals surface area contributed by atoms with E-state index in [1.165, 1.54) is 18.4 Å². The van der Waals surface area contributed by atoms with E-state index in [1.54, 1.807) is 11.3 Å². The first kappa shape index (κ1) is 8.27. The average molecular weight is 182 g/mol. The van der Waals surface area contributed by atoms with E-state index in [9.17, 15) is 5.11 Å². The number of rotatable bonds is 1. The normalized spacial score (nSPS) is 30.4. The molecule has 1 N–H and O–H groups in total. The van der Waals surface area contributed by atoms with Gasteiger partial charge in [-0.1, -0.05) is 12.8 Å². The Morgan fingerprint density at radius 1 is 1.33 bits per heavy atom. The smallest absolute Gasteiger partial charge is 0.0609 e.